The molecule has 3 aliphatic rings. The summed E-state index contributed by atoms with van der Waals surface area (Å²) in [4.78, 5) is 21.9. The molecule has 0 spiro atoms. The van der Waals surface area contributed by atoms with E-state index in [1.807, 2.05) is 13.1 Å². The van der Waals surface area contributed by atoms with Crippen molar-refractivity contribution in [3.05, 3.63) is 35.2 Å². The minimum atomic E-state index is -0.652. The summed E-state index contributed by atoms with van der Waals surface area (Å²) in [5.41, 5.74) is 0.860. The van der Waals surface area contributed by atoms with Crippen LogP contribution in [0.25, 0.3) is 0 Å². The van der Waals surface area contributed by atoms with Crippen LogP contribution in [0.15, 0.2) is 16.8 Å². The van der Waals surface area contributed by atoms with E-state index < -0.39 is 5.54 Å². The first kappa shape index (κ1) is 17.6. The Morgan fingerprint density at radius 2 is 2.07 bits per heavy atom. The van der Waals surface area contributed by atoms with Gasteiger partial charge in [-0.05, 0) is 63.2 Å². The van der Waals surface area contributed by atoms with Crippen molar-refractivity contribution in [3.8, 4) is 5.75 Å². The van der Waals surface area contributed by atoms with E-state index in [1.165, 1.54) is 25.7 Å². The lowest BCUT2D eigenvalue weighted by Gasteiger charge is -2.27. The largest absolute Gasteiger partial charge is 0.493 e. The Kier molecular flexibility index (Phi) is 4.14. The molecule has 2 aromatic heterocycles. The molecule has 5 rings (SSSR count). The summed E-state index contributed by atoms with van der Waals surface area (Å²) in [5, 5.41) is 7.20. The molecule has 0 aromatic carbocycles. The van der Waals surface area contributed by atoms with Crippen LogP contribution in [-0.4, -0.2) is 27.6 Å². The lowest BCUT2D eigenvalue weighted by Crippen LogP contribution is -2.46. The summed E-state index contributed by atoms with van der Waals surface area (Å²) >= 11 is 0. The van der Waals surface area contributed by atoms with Gasteiger partial charge in [0.05, 0.1) is 6.61 Å². The minimum Gasteiger partial charge on any atom is -0.493 e. The second kappa shape index (κ2) is 6.57. The third-order valence-corrected chi connectivity index (χ3v) is 6.08. The fraction of sp³-hybridized carbons (Fsp3) is 0.619. The first-order valence-electron chi connectivity index (χ1n) is 10.3. The normalized spacial score (nSPS) is 21.2. The molecule has 0 saturated heterocycles. The first-order chi connectivity index (χ1) is 13.5. The van der Waals surface area contributed by atoms with Crippen molar-refractivity contribution in [2.24, 2.45) is 11.8 Å². The quantitative estimate of drug-likeness (QED) is 0.751. The second-order valence-electron chi connectivity index (χ2n) is 8.70. The number of ether oxygens (including phenoxy) is 1. The van der Waals surface area contributed by atoms with E-state index in [0.717, 1.165) is 30.8 Å². The van der Waals surface area contributed by atoms with Crippen molar-refractivity contribution in [2.45, 2.75) is 63.8 Å². The van der Waals surface area contributed by atoms with Crippen molar-refractivity contribution in [1.29, 1.82) is 0 Å². The Morgan fingerprint density at radius 3 is 2.68 bits per heavy atom. The van der Waals surface area contributed by atoms with Gasteiger partial charge in [0.15, 0.2) is 5.82 Å². The molecule has 0 radical (unpaired) electrons. The maximum absolute atomic E-state index is 13.1. The summed E-state index contributed by atoms with van der Waals surface area (Å²) in [6.45, 7) is 4.45. The molecule has 148 valence electrons. The highest BCUT2D eigenvalue weighted by atomic mass is 16.5. The highest BCUT2D eigenvalue weighted by molar-refractivity contribution is 5.93. The van der Waals surface area contributed by atoms with Gasteiger partial charge in [-0.15, -0.1) is 0 Å². The van der Waals surface area contributed by atoms with E-state index in [9.17, 15) is 4.79 Å². The zero-order valence-electron chi connectivity index (χ0n) is 16.4. The van der Waals surface area contributed by atoms with Crippen LogP contribution in [0.3, 0.4) is 0 Å². The number of aryl methyl sites for hydroxylation is 1. The summed E-state index contributed by atoms with van der Waals surface area (Å²) in [6.07, 6.45) is 8.71. The van der Waals surface area contributed by atoms with Crippen LogP contribution in [0.1, 0.15) is 79.1 Å². The first-order valence-corrected chi connectivity index (χ1v) is 10.3. The van der Waals surface area contributed by atoms with Gasteiger partial charge in [0.1, 0.15) is 17.0 Å². The minimum absolute atomic E-state index is 0.226. The van der Waals surface area contributed by atoms with Crippen LogP contribution in [-0.2, 0) is 5.54 Å². The van der Waals surface area contributed by atoms with Gasteiger partial charge < -0.3 is 14.6 Å². The second-order valence-corrected chi connectivity index (χ2v) is 8.70. The number of nitrogens with zero attached hydrogens (tertiary/aromatic N) is 3. The summed E-state index contributed by atoms with van der Waals surface area (Å²) in [7, 11) is 0. The van der Waals surface area contributed by atoms with E-state index in [0.29, 0.717) is 35.2 Å². The van der Waals surface area contributed by atoms with Gasteiger partial charge in [0.2, 0.25) is 5.89 Å². The summed E-state index contributed by atoms with van der Waals surface area (Å²) in [6, 6.07) is 1.81. The molecule has 7 nitrogen and oxygen atoms in total. The van der Waals surface area contributed by atoms with Crippen LogP contribution in [0.4, 0.5) is 0 Å². The zero-order valence-corrected chi connectivity index (χ0v) is 16.4. The number of carbonyl (C=O) groups is 1. The predicted octanol–water partition coefficient (Wildman–Crippen LogP) is 3.49. The third-order valence-electron chi connectivity index (χ3n) is 6.08. The number of hydrogen-bond donors (Lipinski definition) is 1. The molecule has 1 N–H and O–H groups in total. The number of hydrogen-bond acceptors (Lipinski definition) is 6. The maximum Gasteiger partial charge on any atom is 0.270 e. The van der Waals surface area contributed by atoms with Gasteiger partial charge in [0.25, 0.3) is 5.91 Å². The van der Waals surface area contributed by atoms with E-state index in [4.69, 9.17) is 9.26 Å². The lowest BCUT2D eigenvalue weighted by molar-refractivity contribution is 0.0879. The molecule has 3 fully saturated rings. The Morgan fingerprint density at radius 1 is 1.29 bits per heavy atom. The van der Waals surface area contributed by atoms with Crippen LogP contribution in [0, 0.1) is 18.8 Å². The maximum atomic E-state index is 13.1. The molecule has 3 aliphatic carbocycles. The predicted molar refractivity (Wildman–Crippen MR) is 101 cm³/mol. The topological polar surface area (TPSA) is 90.1 Å². The van der Waals surface area contributed by atoms with Crippen LogP contribution in [0.5, 0.6) is 5.75 Å². The Labute approximate surface area is 164 Å². The van der Waals surface area contributed by atoms with E-state index >= 15 is 0 Å². The fourth-order valence-electron chi connectivity index (χ4n) is 3.70. The van der Waals surface area contributed by atoms with Gasteiger partial charge in [-0.25, -0.2) is 0 Å². The van der Waals surface area contributed by atoms with Crippen LogP contribution < -0.4 is 10.1 Å². The van der Waals surface area contributed by atoms with Gasteiger partial charge in [-0.2, -0.15) is 4.98 Å². The smallest absolute Gasteiger partial charge is 0.270 e. The number of amides is 1. The highest BCUT2D eigenvalue weighted by Gasteiger charge is 2.47. The lowest BCUT2D eigenvalue weighted by atomic mass is 9.94. The molecule has 1 unspecified atom stereocenters. The molecule has 2 aromatic rings. The monoisotopic (exact) mass is 382 g/mol. The van der Waals surface area contributed by atoms with Crippen molar-refractivity contribution < 1.29 is 14.1 Å². The Bertz CT molecular complexity index is 899. The van der Waals surface area contributed by atoms with E-state index in [1.54, 1.807) is 13.0 Å². The van der Waals surface area contributed by atoms with Gasteiger partial charge in [0, 0.05) is 24.8 Å². The third kappa shape index (κ3) is 3.50. The van der Waals surface area contributed by atoms with Crippen LogP contribution in [0.2, 0.25) is 0 Å². The molecular weight excluding hydrogens is 356 g/mol. The molecule has 28 heavy (non-hydrogen) atoms. The number of rotatable bonds is 8. The molecular formula is C21H26N4O3. The number of aromatic nitrogens is 3. The highest BCUT2D eigenvalue weighted by Crippen LogP contribution is 2.46. The van der Waals surface area contributed by atoms with E-state index in [2.05, 4.69) is 20.4 Å². The van der Waals surface area contributed by atoms with Crippen LogP contribution >= 0.6 is 0 Å². The average molecular weight is 382 g/mol. The fourth-order valence-corrected chi connectivity index (χ4v) is 3.70. The molecule has 1 atom stereocenters. The summed E-state index contributed by atoms with van der Waals surface area (Å²) < 4.78 is 11.2. The number of carbonyl (C=O) groups excluding carboxylic acids is 1. The van der Waals surface area contributed by atoms with Gasteiger partial charge in [-0.3, -0.25) is 9.78 Å². The summed E-state index contributed by atoms with van der Waals surface area (Å²) in [5.74, 6) is 3.12. The standard InChI is InChI=1S/C21H26N4O3/c1-12-23-20(25-28-12)21(2,15-7-8-15)24-19(26)17-9-18(27-11-13-3-4-13)16(10-22-17)14-5-6-14/h9-10,13-15H,3-8,11H2,1-2H3,(H,24,26). The molecule has 2 heterocycles. The average Bonchev–Trinajstić information content (AvgIpc) is 3.55. The van der Waals surface area contributed by atoms with E-state index in [-0.39, 0.29) is 5.91 Å². The van der Waals surface area contributed by atoms with Crippen molar-refractivity contribution in [1.82, 2.24) is 20.4 Å². The Balaban J connectivity index is 1.38. The molecule has 7 heteroatoms. The van der Waals surface area contributed by atoms with Gasteiger partial charge in [-0.1, -0.05) is 5.16 Å². The van der Waals surface area contributed by atoms with Crippen molar-refractivity contribution in [2.75, 3.05) is 6.61 Å². The molecule has 1 amide bonds. The SMILES string of the molecule is Cc1nc(C(C)(NC(=O)c2cc(OCC3CC3)c(C3CC3)cn2)C2CC2)no1. The van der Waals surface area contributed by atoms with Crippen molar-refractivity contribution in [3.63, 3.8) is 0 Å². The zero-order chi connectivity index (χ0) is 19.3. The molecule has 3 saturated carbocycles. The Hall–Kier alpha value is -2.44. The number of pyridine rings is 1. The number of nitrogens with one attached hydrogen (secondary N) is 1. The molecule has 0 aliphatic heterocycles. The molecule has 0 bridgehead atoms. The van der Waals surface area contributed by atoms with Crippen molar-refractivity contribution >= 4 is 5.91 Å². The van der Waals surface area contributed by atoms with Gasteiger partial charge >= 0.3 is 0 Å².